The lowest BCUT2D eigenvalue weighted by Gasteiger charge is -2.13. The van der Waals surface area contributed by atoms with Crippen molar-refractivity contribution in [2.75, 3.05) is 0 Å². The van der Waals surface area contributed by atoms with Gasteiger partial charge in [0.15, 0.2) is 5.78 Å². The highest BCUT2D eigenvalue weighted by Gasteiger charge is 2.48. The molecule has 3 nitrogen and oxygen atoms in total. The van der Waals surface area contributed by atoms with E-state index < -0.39 is 5.54 Å². The van der Waals surface area contributed by atoms with Crippen LogP contribution in [-0.4, -0.2) is 17.2 Å². The third kappa shape index (κ3) is 1.90. The minimum Gasteiger partial charge on any atom is -0.344 e. The molecule has 2 aliphatic rings. The number of hydrogen-bond donors (Lipinski definition) is 1. The summed E-state index contributed by atoms with van der Waals surface area (Å²) in [5, 5.41) is 2.85. The summed E-state index contributed by atoms with van der Waals surface area (Å²) in [4.78, 5) is 22.5. The van der Waals surface area contributed by atoms with Crippen LogP contribution in [0.15, 0.2) is 0 Å². The first-order valence-electron chi connectivity index (χ1n) is 4.94. The Kier molecular flexibility index (Phi) is 1.90. The molecule has 0 aromatic carbocycles. The fourth-order valence-electron chi connectivity index (χ4n) is 1.59. The molecule has 3 heteroatoms. The van der Waals surface area contributed by atoms with E-state index in [1.165, 1.54) is 12.8 Å². The molecule has 0 aromatic rings. The second-order valence-electron chi connectivity index (χ2n) is 4.33. The third-order valence-corrected chi connectivity index (χ3v) is 2.97. The van der Waals surface area contributed by atoms with Crippen molar-refractivity contribution in [3.05, 3.63) is 0 Å². The Morgan fingerprint density at radius 1 is 1.38 bits per heavy atom. The monoisotopic (exact) mass is 181 g/mol. The van der Waals surface area contributed by atoms with E-state index in [4.69, 9.17) is 0 Å². The Labute approximate surface area is 77.9 Å². The van der Waals surface area contributed by atoms with Gasteiger partial charge in [-0.05, 0) is 38.5 Å². The maximum absolute atomic E-state index is 11.4. The molecule has 0 aliphatic heterocycles. The molecule has 72 valence electrons. The lowest BCUT2D eigenvalue weighted by atomic mass is 10.1. The molecule has 0 bridgehead atoms. The number of nitrogens with one attached hydrogen (secondary N) is 1. The van der Waals surface area contributed by atoms with Gasteiger partial charge in [0.1, 0.15) is 0 Å². The van der Waals surface area contributed by atoms with Gasteiger partial charge in [-0.15, -0.1) is 0 Å². The van der Waals surface area contributed by atoms with Crippen LogP contribution in [0.5, 0.6) is 0 Å². The number of carbonyl (C=O) groups is 2. The van der Waals surface area contributed by atoms with Gasteiger partial charge >= 0.3 is 0 Å². The van der Waals surface area contributed by atoms with Gasteiger partial charge < -0.3 is 5.32 Å². The molecule has 0 radical (unpaired) electrons. The van der Waals surface area contributed by atoms with Crippen LogP contribution in [0.3, 0.4) is 0 Å². The first-order valence-corrected chi connectivity index (χ1v) is 4.94. The van der Waals surface area contributed by atoms with E-state index in [9.17, 15) is 9.59 Å². The molecule has 0 aromatic heterocycles. The first kappa shape index (κ1) is 8.73. The molecule has 0 saturated heterocycles. The summed E-state index contributed by atoms with van der Waals surface area (Å²) < 4.78 is 0. The van der Waals surface area contributed by atoms with E-state index in [1.54, 1.807) is 6.92 Å². The number of Topliss-reactive ketones (excluding diaryl/α,β-unsaturated/α-hetero) is 1. The Morgan fingerprint density at radius 2 is 2.00 bits per heavy atom. The Bertz CT molecular complexity index is 252. The quantitative estimate of drug-likeness (QED) is 0.704. The SMILES string of the molecule is CC(=O)C1(NC(=O)CC2CC2)CC1. The van der Waals surface area contributed by atoms with Crippen molar-refractivity contribution in [2.45, 2.75) is 44.6 Å². The zero-order chi connectivity index (χ0) is 9.47. The highest BCUT2D eigenvalue weighted by Crippen LogP contribution is 2.37. The Balaban J connectivity index is 1.82. The van der Waals surface area contributed by atoms with Crippen LogP contribution in [0.2, 0.25) is 0 Å². The minimum absolute atomic E-state index is 0.0650. The van der Waals surface area contributed by atoms with Crippen LogP contribution in [0, 0.1) is 5.92 Å². The zero-order valence-electron chi connectivity index (χ0n) is 7.93. The van der Waals surface area contributed by atoms with Crippen LogP contribution in [0.25, 0.3) is 0 Å². The highest BCUT2D eigenvalue weighted by atomic mass is 16.2. The van der Waals surface area contributed by atoms with E-state index in [2.05, 4.69) is 5.32 Å². The summed E-state index contributed by atoms with van der Waals surface area (Å²) in [6, 6.07) is 0. The maximum Gasteiger partial charge on any atom is 0.221 e. The number of hydrogen-bond acceptors (Lipinski definition) is 2. The van der Waals surface area contributed by atoms with Crippen LogP contribution in [-0.2, 0) is 9.59 Å². The molecule has 0 heterocycles. The van der Waals surface area contributed by atoms with Crippen LogP contribution < -0.4 is 5.32 Å². The fraction of sp³-hybridized carbons (Fsp3) is 0.800. The topological polar surface area (TPSA) is 46.2 Å². The number of carbonyl (C=O) groups excluding carboxylic acids is 2. The van der Waals surface area contributed by atoms with Gasteiger partial charge in [-0.2, -0.15) is 0 Å². The molecule has 0 atom stereocenters. The minimum atomic E-state index is -0.452. The first-order chi connectivity index (χ1) is 6.12. The molecule has 2 saturated carbocycles. The molecule has 2 aliphatic carbocycles. The second kappa shape index (κ2) is 2.82. The second-order valence-corrected chi connectivity index (χ2v) is 4.33. The average Bonchev–Trinajstić information content (AvgIpc) is 2.83. The number of amides is 1. The van der Waals surface area contributed by atoms with Crippen LogP contribution in [0.1, 0.15) is 39.0 Å². The van der Waals surface area contributed by atoms with Crippen molar-refractivity contribution in [3.63, 3.8) is 0 Å². The van der Waals surface area contributed by atoms with Crippen molar-refractivity contribution in [1.29, 1.82) is 0 Å². The van der Waals surface area contributed by atoms with E-state index in [0.29, 0.717) is 12.3 Å². The van der Waals surface area contributed by atoms with Gasteiger partial charge in [0.2, 0.25) is 5.91 Å². The summed E-state index contributed by atoms with van der Waals surface area (Å²) in [7, 11) is 0. The molecule has 13 heavy (non-hydrogen) atoms. The van der Waals surface area contributed by atoms with Crippen molar-refractivity contribution in [2.24, 2.45) is 5.92 Å². The number of ketones is 1. The smallest absolute Gasteiger partial charge is 0.221 e. The standard InChI is InChI=1S/C10H15NO2/c1-7(12)10(4-5-10)11-9(13)6-8-2-3-8/h8H,2-6H2,1H3,(H,11,13). The normalized spacial score (nSPS) is 23.8. The van der Waals surface area contributed by atoms with Gasteiger partial charge in [-0.3, -0.25) is 9.59 Å². The summed E-state index contributed by atoms with van der Waals surface area (Å²) >= 11 is 0. The molecular formula is C10H15NO2. The van der Waals surface area contributed by atoms with Crippen molar-refractivity contribution in [3.8, 4) is 0 Å². The molecule has 2 fully saturated rings. The predicted molar refractivity (Wildman–Crippen MR) is 48.1 cm³/mol. The Hall–Kier alpha value is -0.860. The van der Waals surface area contributed by atoms with Gasteiger partial charge in [0.25, 0.3) is 0 Å². The fourth-order valence-corrected chi connectivity index (χ4v) is 1.59. The van der Waals surface area contributed by atoms with Crippen molar-refractivity contribution < 1.29 is 9.59 Å². The molecule has 1 N–H and O–H groups in total. The maximum atomic E-state index is 11.4. The van der Waals surface area contributed by atoms with Crippen LogP contribution in [0.4, 0.5) is 0 Å². The lowest BCUT2D eigenvalue weighted by molar-refractivity contribution is -0.128. The highest BCUT2D eigenvalue weighted by molar-refractivity contribution is 5.94. The van der Waals surface area contributed by atoms with E-state index in [0.717, 1.165) is 12.8 Å². The number of rotatable bonds is 4. The Morgan fingerprint density at radius 3 is 2.38 bits per heavy atom. The molecular weight excluding hydrogens is 166 g/mol. The summed E-state index contributed by atoms with van der Waals surface area (Å²) in [6.07, 6.45) is 4.65. The molecule has 0 unspecified atom stereocenters. The largest absolute Gasteiger partial charge is 0.344 e. The van der Waals surface area contributed by atoms with Crippen molar-refractivity contribution >= 4 is 11.7 Å². The lowest BCUT2D eigenvalue weighted by Crippen LogP contribution is -2.42. The average molecular weight is 181 g/mol. The summed E-state index contributed by atoms with van der Waals surface area (Å²) in [5.41, 5.74) is -0.452. The third-order valence-electron chi connectivity index (χ3n) is 2.97. The molecule has 2 rings (SSSR count). The van der Waals surface area contributed by atoms with Gasteiger partial charge in [-0.25, -0.2) is 0 Å². The molecule has 0 spiro atoms. The van der Waals surface area contributed by atoms with Gasteiger partial charge in [0, 0.05) is 6.42 Å². The van der Waals surface area contributed by atoms with E-state index in [1.807, 2.05) is 0 Å². The van der Waals surface area contributed by atoms with Gasteiger partial charge in [0.05, 0.1) is 5.54 Å². The summed E-state index contributed by atoms with van der Waals surface area (Å²) in [6.45, 7) is 1.56. The predicted octanol–water partition coefficient (Wildman–Crippen LogP) is 1.02. The van der Waals surface area contributed by atoms with E-state index in [-0.39, 0.29) is 11.7 Å². The molecule has 1 amide bonds. The zero-order valence-corrected chi connectivity index (χ0v) is 7.93. The summed E-state index contributed by atoms with van der Waals surface area (Å²) in [5.74, 6) is 0.773. The van der Waals surface area contributed by atoms with Crippen LogP contribution >= 0.6 is 0 Å². The van der Waals surface area contributed by atoms with Gasteiger partial charge in [-0.1, -0.05) is 0 Å². The van der Waals surface area contributed by atoms with Crippen molar-refractivity contribution in [1.82, 2.24) is 5.32 Å². The van der Waals surface area contributed by atoms with E-state index >= 15 is 0 Å².